The van der Waals surface area contributed by atoms with E-state index in [0.717, 1.165) is 12.8 Å². The Morgan fingerprint density at radius 2 is 2.12 bits per heavy atom. The molecule has 0 bridgehead atoms. The van der Waals surface area contributed by atoms with Crippen LogP contribution in [0, 0.1) is 0 Å². The van der Waals surface area contributed by atoms with E-state index in [1.54, 1.807) is 0 Å². The number of unbranched alkanes of at least 4 members (excludes halogenated alkanes) is 1. The number of hydrogen-bond donors (Lipinski definition) is 1. The van der Waals surface area contributed by atoms with Crippen LogP contribution in [0.25, 0.3) is 0 Å². The van der Waals surface area contributed by atoms with Crippen molar-refractivity contribution in [2.24, 2.45) is 0 Å². The van der Waals surface area contributed by atoms with Crippen LogP contribution in [0.15, 0.2) is 0 Å². The van der Waals surface area contributed by atoms with Crippen molar-refractivity contribution < 1.29 is 9.90 Å². The van der Waals surface area contributed by atoms with Crippen molar-refractivity contribution >= 4 is 25.8 Å². The van der Waals surface area contributed by atoms with Gasteiger partial charge in [-0.15, -0.1) is 0 Å². The van der Waals surface area contributed by atoms with Crippen LogP contribution in [0.3, 0.4) is 0 Å². The van der Waals surface area contributed by atoms with Crippen molar-refractivity contribution in [3.05, 3.63) is 0 Å². The van der Waals surface area contributed by atoms with E-state index < -0.39 is 5.97 Å². The Morgan fingerprint density at radius 1 is 1.62 bits per heavy atom. The van der Waals surface area contributed by atoms with E-state index in [2.05, 4.69) is 0 Å². The molecule has 0 atom stereocenters. The molecule has 0 aliphatic heterocycles. The Labute approximate surface area is 62.3 Å². The van der Waals surface area contributed by atoms with Gasteiger partial charge in [-0.3, -0.25) is 4.79 Å². The van der Waals surface area contributed by atoms with Gasteiger partial charge in [-0.05, 0) is 6.42 Å². The normalized spacial score (nSPS) is 7.62. The van der Waals surface area contributed by atoms with Gasteiger partial charge in [-0.1, -0.05) is 13.3 Å². The van der Waals surface area contributed by atoms with Gasteiger partial charge in [0.05, 0.1) is 0 Å². The third kappa shape index (κ3) is 9.44. The molecular weight excluding hydrogens is 162 g/mol. The van der Waals surface area contributed by atoms with Crippen LogP contribution in [0.4, 0.5) is 0 Å². The van der Waals surface area contributed by atoms with Crippen molar-refractivity contribution in [3.8, 4) is 0 Å². The number of aliphatic carboxylic acids is 1. The Morgan fingerprint density at radius 3 is 2.25 bits per heavy atom. The van der Waals surface area contributed by atoms with E-state index in [1.807, 2.05) is 6.92 Å². The maximum atomic E-state index is 9.76. The molecule has 0 saturated heterocycles. The zero-order valence-corrected chi connectivity index (χ0v) is 4.48. The van der Waals surface area contributed by atoms with Crippen molar-refractivity contribution in [3.63, 3.8) is 0 Å². The number of hydrogen-bond acceptors (Lipinski definition) is 1. The van der Waals surface area contributed by atoms with E-state index in [1.165, 1.54) is 0 Å². The van der Waals surface area contributed by atoms with Gasteiger partial charge in [0.15, 0.2) is 0 Å². The number of rotatable bonds is 3. The molecule has 0 heterocycles. The first-order chi connectivity index (χ1) is 3.27. The van der Waals surface area contributed by atoms with Crippen molar-refractivity contribution in [2.75, 3.05) is 0 Å². The van der Waals surface area contributed by atoms with Crippen LogP contribution in [0.5, 0.6) is 0 Å². The first kappa shape index (κ1) is 11.0. The minimum atomic E-state index is -0.693. The molecular formula is C5H13GaO2. The molecule has 8 heavy (non-hydrogen) atoms. The fourth-order valence-electron chi connectivity index (χ4n) is 0.328. The SMILES string of the molecule is CCCCC(=O)O.[GaH3]. The molecule has 2 nitrogen and oxygen atoms in total. The molecule has 0 fully saturated rings. The summed E-state index contributed by atoms with van der Waals surface area (Å²) in [7, 11) is 0. The average molecular weight is 175 g/mol. The molecule has 48 valence electrons. The average Bonchev–Trinajstić information content (AvgIpc) is 1.61. The predicted molar refractivity (Wildman–Crippen MR) is 37.1 cm³/mol. The Hall–Kier alpha value is 0.106. The number of carboxylic acids is 1. The van der Waals surface area contributed by atoms with Gasteiger partial charge in [-0.2, -0.15) is 0 Å². The fourth-order valence-corrected chi connectivity index (χ4v) is 0.328. The van der Waals surface area contributed by atoms with Crippen LogP contribution in [0.2, 0.25) is 0 Å². The number of carboxylic acid groups (broad SMARTS) is 1. The van der Waals surface area contributed by atoms with Crippen LogP contribution in [-0.2, 0) is 4.79 Å². The summed E-state index contributed by atoms with van der Waals surface area (Å²) in [5.74, 6) is -0.693. The summed E-state index contributed by atoms with van der Waals surface area (Å²) in [5, 5.41) is 8.04. The summed E-state index contributed by atoms with van der Waals surface area (Å²) >= 11 is 0. The summed E-state index contributed by atoms with van der Waals surface area (Å²) < 4.78 is 0. The molecule has 0 unspecified atom stereocenters. The quantitative estimate of drug-likeness (QED) is 0.616. The van der Waals surface area contributed by atoms with Gasteiger partial charge in [0.25, 0.3) is 0 Å². The van der Waals surface area contributed by atoms with Crippen molar-refractivity contribution in [1.29, 1.82) is 0 Å². The first-order valence-electron chi connectivity index (χ1n) is 2.49. The second-order valence-electron chi connectivity index (χ2n) is 1.50. The molecule has 0 aromatic heterocycles. The van der Waals surface area contributed by atoms with E-state index in [4.69, 9.17) is 5.11 Å². The molecule has 0 radical (unpaired) electrons. The minimum absolute atomic E-state index is 0. The molecule has 0 spiro atoms. The second-order valence-corrected chi connectivity index (χ2v) is 1.50. The number of carbonyl (C=O) groups is 1. The van der Waals surface area contributed by atoms with Gasteiger partial charge in [0.2, 0.25) is 0 Å². The molecule has 1 N–H and O–H groups in total. The van der Waals surface area contributed by atoms with Gasteiger partial charge in [0, 0.05) is 6.42 Å². The summed E-state index contributed by atoms with van der Waals surface area (Å²) in [5.41, 5.74) is 0. The topological polar surface area (TPSA) is 37.3 Å². The van der Waals surface area contributed by atoms with Gasteiger partial charge < -0.3 is 5.11 Å². The summed E-state index contributed by atoms with van der Waals surface area (Å²) in [4.78, 5) is 9.76. The van der Waals surface area contributed by atoms with Crippen molar-refractivity contribution in [1.82, 2.24) is 0 Å². The Balaban J connectivity index is 0. The second kappa shape index (κ2) is 7.11. The molecule has 0 amide bonds. The van der Waals surface area contributed by atoms with Gasteiger partial charge >= 0.3 is 25.8 Å². The Kier molecular flexibility index (Phi) is 9.75. The van der Waals surface area contributed by atoms with Crippen LogP contribution in [-0.4, -0.2) is 30.9 Å². The maximum absolute atomic E-state index is 9.76. The third-order valence-corrected chi connectivity index (χ3v) is 0.744. The standard InChI is InChI=1S/C5H10O2.Ga.3H/c1-2-3-4-5(6)7;;;;/h2-4H2,1H3,(H,6,7);;;;. The summed E-state index contributed by atoms with van der Waals surface area (Å²) in [6, 6.07) is 0. The zero-order valence-electron chi connectivity index (χ0n) is 4.48. The molecule has 0 rings (SSSR count). The first-order valence-corrected chi connectivity index (χ1v) is 2.49. The van der Waals surface area contributed by atoms with E-state index in [-0.39, 0.29) is 19.8 Å². The molecule has 0 aliphatic carbocycles. The van der Waals surface area contributed by atoms with Crippen LogP contribution in [0.1, 0.15) is 26.2 Å². The third-order valence-electron chi connectivity index (χ3n) is 0.744. The Bertz CT molecular complexity index is 63.4. The van der Waals surface area contributed by atoms with Gasteiger partial charge in [0.1, 0.15) is 0 Å². The van der Waals surface area contributed by atoms with Crippen molar-refractivity contribution in [2.45, 2.75) is 26.2 Å². The molecule has 3 heteroatoms. The van der Waals surface area contributed by atoms with E-state index in [0.29, 0.717) is 6.42 Å². The molecule has 0 aromatic rings. The zero-order chi connectivity index (χ0) is 5.70. The molecule has 0 aromatic carbocycles. The molecule has 0 aliphatic rings. The van der Waals surface area contributed by atoms with Crippen LogP contribution < -0.4 is 0 Å². The monoisotopic (exact) mass is 174 g/mol. The van der Waals surface area contributed by atoms with E-state index >= 15 is 0 Å². The summed E-state index contributed by atoms with van der Waals surface area (Å²) in [6.07, 6.45) is 2.08. The van der Waals surface area contributed by atoms with E-state index in [9.17, 15) is 4.79 Å². The summed E-state index contributed by atoms with van der Waals surface area (Å²) in [6.45, 7) is 1.98. The van der Waals surface area contributed by atoms with Gasteiger partial charge in [-0.25, -0.2) is 0 Å². The molecule has 0 saturated carbocycles. The fraction of sp³-hybridized carbons (Fsp3) is 0.800. The van der Waals surface area contributed by atoms with Crippen LogP contribution >= 0.6 is 0 Å². The predicted octanol–water partition coefficient (Wildman–Crippen LogP) is 0.0773.